The molecule has 0 fully saturated rings. The van der Waals surface area contributed by atoms with Gasteiger partial charge in [-0.25, -0.2) is 9.59 Å². The van der Waals surface area contributed by atoms with E-state index in [4.69, 9.17) is 23.7 Å². The Kier molecular flexibility index (Phi) is 12.9. The number of aldehydes is 1. The second kappa shape index (κ2) is 17.5. The van der Waals surface area contributed by atoms with Crippen molar-refractivity contribution < 1.29 is 42.9 Å². The van der Waals surface area contributed by atoms with Crippen LogP contribution in [0, 0.1) is 19.8 Å². The third-order valence-corrected chi connectivity index (χ3v) is 7.86. The van der Waals surface area contributed by atoms with Crippen LogP contribution in [0.4, 0.5) is 0 Å². The summed E-state index contributed by atoms with van der Waals surface area (Å²) >= 11 is 0. The van der Waals surface area contributed by atoms with Gasteiger partial charge in [-0.3, -0.25) is 9.59 Å². The van der Waals surface area contributed by atoms with Crippen molar-refractivity contribution >= 4 is 24.2 Å². The van der Waals surface area contributed by atoms with Gasteiger partial charge in [0.1, 0.15) is 35.9 Å². The van der Waals surface area contributed by atoms with Crippen LogP contribution in [-0.4, -0.2) is 37.4 Å². The molecule has 9 heteroatoms. The molecule has 0 aliphatic rings. The van der Waals surface area contributed by atoms with Crippen molar-refractivity contribution in [3.63, 3.8) is 0 Å². The third kappa shape index (κ3) is 10.0. The van der Waals surface area contributed by atoms with Crippen molar-refractivity contribution in [2.24, 2.45) is 5.92 Å². The zero-order valence-electron chi connectivity index (χ0n) is 27.7. The normalized spacial score (nSPS) is 11.2. The molecule has 0 aliphatic heterocycles. The van der Waals surface area contributed by atoms with E-state index >= 15 is 0 Å². The lowest BCUT2D eigenvalue weighted by Crippen LogP contribution is -2.15. The number of benzene rings is 4. The lowest BCUT2D eigenvalue weighted by molar-refractivity contribution is -0.148. The summed E-state index contributed by atoms with van der Waals surface area (Å²) in [6, 6.07) is 23.6. The summed E-state index contributed by atoms with van der Waals surface area (Å²) in [6.07, 6.45) is 2.96. The average molecular weight is 653 g/mol. The van der Waals surface area contributed by atoms with Crippen LogP contribution in [0.3, 0.4) is 0 Å². The number of hydrogen-bond donors (Lipinski definition) is 0. The van der Waals surface area contributed by atoms with E-state index in [-0.39, 0.29) is 11.9 Å². The molecule has 0 saturated heterocycles. The Bertz CT molecular complexity index is 1690. The molecule has 0 aliphatic carbocycles. The first-order valence-corrected chi connectivity index (χ1v) is 15.9. The molecule has 0 amide bonds. The van der Waals surface area contributed by atoms with E-state index in [2.05, 4.69) is 0 Å². The van der Waals surface area contributed by atoms with Crippen LogP contribution < -0.4 is 18.9 Å². The molecule has 0 heterocycles. The minimum absolute atomic E-state index is 0.0888. The first-order chi connectivity index (χ1) is 23.2. The number of unbranched alkanes of at least 4 members (excludes halogenated alkanes) is 1. The number of ether oxygens (including phenoxy) is 5. The molecule has 250 valence electrons. The highest BCUT2D eigenvalue weighted by molar-refractivity contribution is 5.92. The van der Waals surface area contributed by atoms with Gasteiger partial charge in [0.2, 0.25) is 0 Å². The zero-order valence-corrected chi connectivity index (χ0v) is 27.7. The molecule has 0 saturated carbocycles. The topological polar surface area (TPSA) is 114 Å². The Morgan fingerprint density at radius 3 is 1.71 bits per heavy atom. The summed E-state index contributed by atoms with van der Waals surface area (Å²) in [4.78, 5) is 48.3. The van der Waals surface area contributed by atoms with Crippen LogP contribution in [0.2, 0.25) is 0 Å². The summed E-state index contributed by atoms with van der Waals surface area (Å²) in [7, 11) is 0. The van der Waals surface area contributed by atoms with Crippen molar-refractivity contribution in [2.75, 3.05) is 13.2 Å². The van der Waals surface area contributed by atoms with Gasteiger partial charge in [-0.15, -0.1) is 0 Å². The Morgan fingerprint density at radius 2 is 1.17 bits per heavy atom. The molecule has 4 rings (SSSR count). The van der Waals surface area contributed by atoms with E-state index in [1.807, 2.05) is 13.8 Å². The number of rotatable bonds is 16. The summed E-state index contributed by atoms with van der Waals surface area (Å²) in [5.41, 5.74) is 3.49. The van der Waals surface area contributed by atoms with Crippen molar-refractivity contribution in [3.05, 3.63) is 118 Å². The minimum Gasteiger partial charge on any atom is -0.494 e. The van der Waals surface area contributed by atoms with E-state index < -0.39 is 11.9 Å². The molecule has 1 atom stereocenters. The van der Waals surface area contributed by atoms with Crippen LogP contribution in [0.5, 0.6) is 23.0 Å². The van der Waals surface area contributed by atoms with E-state index in [9.17, 15) is 19.2 Å². The van der Waals surface area contributed by atoms with Gasteiger partial charge in [-0.1, -0.05) is 26.0 Å². The highest BCUT2D eigenvalue weighted by Gasteiger charge is 2.17. The van der Waals surface area contributed by atoms with Crippen molar-refractivity contribution in [1.29, 1.82) is 0 Å². The molecule has 9 nitrogen and oxygen atoms in total. The van der Waals surface area contributed by atoms with Gasteiger partial charge in [0.25, 0.3) is 0 Å². The molecule has 0 spiro atoms. The summed E-state index contributed by atoms with van der Waals surface area (Å²) in [6.45, 7) is 8.51. The molecule has 1 unspecified atom stereocenters. The van der Waals surface area contributed by atoms with Crippen LogP contribution in [0.1, 0.15) is 80.9 Å². The van der Waals surface area contributed by atoms with E-state index in [1.165, 1.54) is 0 Å². The molecule has 48 heavy (non-hydrogen) atoms. The summed E-state index contributed by atoms with van der Waals surface area (Å²) in [5, 5.41) is 0. The van der Waals surface area contributed by atoms with E-state index in [1.54, 1.807) is 98.8 Å². The average Bonchev–Trinajstić information content (AvgIpc) is 3.12. The maximum Gasteiger partial charge on any atom is 0.343 e. The molecular formula is C39H40O9. The Balaban J connectivity index is 1.24. The predicted octanol–water partition coefficient (Wildman–Crippen LogP) is 7.88. The predicted molar refractivity (Wildman–Crippen MR) is 180 cm³/mol. The molecule has 4 aromatic carbocycles. The highest BCUT2D eigenvalue weighted by Crippen LogP contribution is 2.30. The summed E-state index contributed by atoms with van der Waals surface area (Å²) in [5.74, 6) is 0.656. The first kappa shape index (κ1) is 35.4. The SMILES string of the molecule is CCC(C)C(=O)OCCCCOc1ccc(C(=O)Oc2ccc(OC(=O)c3ccc(COc4ccc(C=O)cc4)cc3)c(C)c2C)cc1. The van der Waals surface area contributed by atoms with Gasteiger partial charge in [0, 0.05) is 5.56 Å². The molecule has 0 aromatic heterocycles. The van der Waals surface area contributed by atoms with Crippen LogP contribution >= 0.6 is 0 Å². The smallest absolute Gasteiger partial charge is 0.343 e. The van der Waals surface area contributed by atoms with Crippen molar-refractivity contribution in [3.8, 4) is 23.0 Å². The fraction of sp³-hybridized carbons (Fsp3) is 0.282. The van der Waals surface area contributed by atoms with Gasteiger partial charge in [-0.2, -0.15) is 0 Å². The second-order valence-electron chi connectivity index (χ2n) is 11.3. The summed E-state index contributed by atoms with van der Waals surface area (Å²) < 4.78 is 28.0. The molecular weight excluding hydrogens is 612 g/mol. The van der Waals surface area contributed by atoms with Crippen LogP contribution in [-0.2, 0) is 16.1 Å². The quantitative estimate of drug-likeness (QED) is 0.0516. The zero-order chi connectivity index (χ0) is 34.5. The lowest BCUT2D eigenvalue weighted by Gasteiger charge is -2.14. The van der Waals surface area contributed by atoms with E-state index in [0.717, 1.165) is 24.7 Å². The fourth-order valence-corrected chi connectivity index (χ4v) is 4.42. The maximum absolute atomic E-state index is 12.9. The third-order valence-electron chi connectivity index (χ3n) is 7.86. The Hall–Kier alpha value is -5.44. The van der Waals surface area contributed by atoms with Gasteiger partial charge < -0.3 is 23.7 Å². The number of hydrogen-bond acceptors (Lipinski definition) is 9. The Morgan fingerprint density at radius 1 is 0.667 bits per heavy atom. The van der Waals surface area contributed by atoms with Gasteiger partial charge >= 0.3 is 17.9 Å². The lowest BCUT2D eigenvalue weighted by atomic mass is 10.1. The maximum atomic E-state index is 12.9. The number of carbonyl (C=O) groups is 4. The number of carbonyl (C=O) groups excluding carboxylic acids is 4. The van der Waals surface area contributed by atoms with Gasteiger partial charge in [0.05, 0.1) is 30.3 Å². The van der Waals surface area contributed by atoms with Crippen molar-refractivity contribution in [1.82, 2.24) is 0 Å². The largest absolute Gasteiger partial charge is 0.494 e. The van der Waals surface area contributed by atoms with Crippen LogP contribution in [0.15, 0.2) is 84.9 Å². The monoisotopic (exact) mass is 652 g/mol. The second-order valence-corrected chi connectivity index (χ2v) is 11.3. The molecule has 4 aromatic rings. The number of esters is 3. The van der Waals surface area contributed by atoms with Crippen LogP contribution in [0.25, 0.3) is 0 Å². The Labute approximate surface area is 280 Å². The minimum atomic E-state index is -0.529. The molecule has 0 radical (unpaired) electrons. The van der Waals surface area contributed by atoms with Gasteiger partial charge in [0.15, 0.2) is 0 Å². The molecule has 0 N–H and O–H groups in total. The first-order valence-electron chi connectivity index (χ1n) is 15.9. The molecule has 0 bridgehead atoms. The highest BCUT2D eigenvalue weighted by atomic mass is 16.5. The van der Waals surface area contributed by atoms with Crippen molar-refractivity contribution in [2.45, 2.75) is 53.6 Å². The fourth-order valence-electron chi connectivity index (χ4n) is 4.42. The van der Waals surface area contributed by atoms with E-state index in [0.29, 0.717) is 77.1 Å². The van der Waals surface area contributed by atoms with Gasteiger partial charge in [-0.05, 0) is 123 Å². The standard InChI is InChI=1S/C39H40O9/c1-5-26(2)37(41)45-23-7-6-22-44-33-18-14-32(15-19-33)39(43)48-36-21-20-35(27(3)28(36)4)47-38(42)31-12-8-30(9-13-31)25-46-34-16-10-29(24-40)11-17-34/h8-21,24,26H,5-7,22-23,25H2,1-4H3.